The topological polar surface area (TPSA) is 108 Å². The molecule has 0 bridgehead atoms. The van der Waals surface area contributed by atoms with Crippen molar-refractivity contribution in [3.8, 4) is 17.2 Å². The number of hydrogen-bond donors (Lipinski definition) is 2. The lowest BCUT2D eigenvalue weighted by molar-refractivity contribution is 0.324. The van der Waals surface area contributed by atoms with Crippen molar-refractivity contribution in [2.75, 3.05) is 21.3 Å². The molecule has 0 aliphatic heterocycles. The molecule has 0 saturated heterocycles. The van der Waals surface area contributed by atoms with Gasteiger partial charge in [0.25, 0.3) is 0 Å². The summed E-state index contributed by atoms with van der Waals surface area (Å²) in [7, 11) is 0.657. The van der Waals surface area contributed by atoms with Gasteiger partial charge in [-0.2, -0.15) is 8.42 Å². The predicted molar refractivity (Wildman–Crippen MR) is 97.2 cm³/mol. The second-order valence-electron chi connectivity index (χ2n) is 4.72. The van der Waals surface area contributed by atoms with E-state index in [0.717, 1.165) is 11.1 Å². The summed E-state index contributed by atoms with van der Waals surface area (Å²) in [5.41, 5.74) is 2.13. The van der Waals surface area contributed by atoms with E-state index in [1.54, 1.807) is 21.3 Å². The maximum atomic E-state index is 8.97. The van der Waals surface area contributed by atoms with Gasteiger partial charge in [-0.3, -0.25) is 4.55 Å². The first-order chi connectivity index (χ1) is 11.8. The summed E-state index contributed by atoms with van der Waals surface area (Å²) < 4.78 is 41.2. The van der Waals surface area contributed by atoms with Gasteiger partial charge in [0.15, 0.2) is 11.5 Å². The molecule has 0 aliphatic carbocycles. The van der Waals surface area contributed by atoms with E-state index in [0.29, 0.717) is 17.2 Å². The van der Waals surface area contributed by atoms with Crippen molar-refractivity contribution in [3.05, 3.63) is 53.6 Å². The lowest BCUT2D eigenvalue weighted by atomic mass is 10.1. The Morgan fingerprint density at radius 2 is 1.32 bits per heavy atom. The fraction of sp³-hybridized carbons (Fsp3) is 0.176. The van der Waals surface area contributed by atoms with Crippen LogP contribution in [0.1, 0.15) is 11.1 Å². The highest BCUT2D eigenvalue weighted by Crippen LogP contribution is 2.38. The Balaban J connectivity index is 0.000000550. The molecule has 0 spiro atoms. The van der Waals surface area contributed by atoms with Crippen molar-refractivity contribution in [2.45, 2.75) is 0 Å². The average molecular weight is 367 g/mol. The highest BCUT2D eigenvalue weighted by molar-refractivity contribution is 7.83. The third-order valence-corrected chi connectivity index (χ3v) is 2.95. The molecule has 3 N–H and O–H groups in total. The highest BCUT2D eigenvalue weighted by Gasteiger charge is 2.11. The quantitative estimate of drug-likeness (QED) is 0.621. The van der Waals surface area contributed by atoms with Gasteiger partial charge in [0.05, 0.1) is 21.3 Å². The van der Waals surface area contributed by atoms with E-state index in [4.69, 9.17) is 27.2 Å². The average Bonchev–Trinajstić information content (AvgIpc) is 2.58. The molecular weight excluding hydrogens is 346 g/mol. The van der Waals surface area contributed by atoms with E-state index < -0.39 is 10.3 Å². The summed E-state index contributed by atoms with van der Waals surface area (Å²) in [4.78, 5) is 0. The molecule has 2 aromatic carbocycles. The molecule has 0 unspecified atom stereocenters. The molecule has 25 heavy (non-hydrogen) atoms. The van der Waals surface area contributed by atoms with Crippen molar-refractivity contribution in [1.82, 2.24) is 0 Å². The number of hydrogen-bond acceptors (Lipinski definition) is 5. The Kier molecular flexibility index (Phi) is 7.93. The second-order valence-corrected chi connectivity index (χ2v) is 5.75. The molecule has 0 amide bonds. The first kappa shape index (κ1) is 20.5. The Morgan fingerprint density at radius 3 is 1.72 bits per heavy atom. The Hall–Kier alpha value is -2.55. The van der Waals surface area contributed by atoms with Gasteiger partial charge in [0, 0.05) is 0 Å². The molecule has 0 aromatic heterocycles. The predicted octanol–water partition coefficient (Wildman–Crippen LogP) is 2.63. The van der Waals surface area contributed by atoms with Crippen LogP contribution >= 0.6 is 0 Å². The fourth-order valence-corrected chi connectivity index (χ4v) is 1.95. The van der Waals surface area contributed by atoms with Crippen LogP contribution in [0, 0.1) is 0 Å². The van der Waals surface area contributed by atoms with Gasteiger partial charge in [0.2, 0.25) is 5.75 Å². The first-order valence-corrected chi connectivity index (χ1v) is 8.57. The zero-order chi connectivity index (χ0) is 18.9. The van der Waals surface area contributed by atoms with E-state index in [1.165, 1.54) is 0 Å². The molecule has 2 aromatic rings. The normalized spacial score (nSPS) is 10.8. The summed E-state index contributed by atoms with van der Waals surface area (Å²) in [6.45, 7) is 0. The van der Waals surface area contributed by atoms with Gasteiger partial charge >= 0.3 is 10.3 Å². The minimum atomic E-state index is -4.17. The van der Waals surface area contributed by atoms with Crippen LogP contribution in [0.25, 0.3) is 12.2 Å². The summed E-state index contributed by atoms with van der Waals surface area (Å²) in [5, 5.41) is 3.88. The summed E-state index contributed by atoms with van der Waals surface area (Å²) in [6, 6.07) is 13.9. The van der Waals surface area contributed by atoms with Crippen LogP contribution in [0.4, 0.5) is 0 Å². The van der Waals surface area contributed by atoms with Crippen molar-refractivity contribution in [3.63, 3.8) is 0 Å². The maximum Gasteiger partial charge on any atom is 0.330 e. The second kappa shape index (κ2) is 9.67. The summed E-state index contributed by atoms with van der Waals surface area (Å²) in [6.07, 6.45) is 4.06. The van der Waals surface area contributed by atoms with Crippen LogP contribution in [0.3, 0.4) is 0 Å². The van der Waals surface area contributed by atoms with Gasteiger partial charge in [-0.1, -0.05) is 42.5 Å². The van der Waals surface area contributed by atoms with E-state index in [-0.39, 0.29) is 0 Å². The molecule has 0 atom stereocenters. The monoisotopic (exact) mass is 367 g/mol. The molecular formula is C17H21NO6S. The lowest BCUT2D eigenvalue weighted by Gasteiger charge is -2.12. The number of benzene rings is 2. The maximum absolute atomic E-state index is 8.97. The highest BCUT2D eigenvalue weighted by atomic mass is 32.2. The zero-order valence-electron chi connectivity index (χ0n) is 14.2. The van der Waals surface area contributed by atoms with Crippen LogP contribution < -0.4 is 19.3 Å². The molecule has 8 heteroatoms. The van der Waals surface area contributed by atoms with Crippen LogP contribution in [0.15, 0.2) is 42.5 Å². The van der Waals surface area contributed by atoms with Crippen molar-refractivity contribution in [1.29, 1.82) is 0 Å². The van der Waals surface area contributed by atoms with Crippen molar-refractivity contribution in [2.24, 2.45) is 5.14 Å². The number of nitrogens with two attached hydrogens (primary N) is 1. The summed E-state index contributed by atoms with van der Waals surface area (Å²) in [5.74, 6) is 1.91. The first-order valence-electron chi connectivity index (χ1n) is 7.06. The Bertz CT molecular complexity index is 770. The van der Waals surface area contributed by atoms with Crippen LogP contribution in [-0.4, -0.2) is 34.3 Å². The van der Waals surface area contributed by atoms with Gasteiger partial charge in [-0.25, -0.2) is 5.14 Å². The summed E-state index contributed by atoms with van der Waals surface area (Å²) >= 11 is 0. The molecule has 0 saturated carbocycles. The molecule has 2 rings (SSSR count). The third kappa shape index (κ3) is 7.71. The lowest BCUT2D eigenvalue weighted by Crippen LogP contribution is -2.08. The number of methoxy groups -OCH3 is 3. The minimum Gasteiger partial charge on any atom is -0.493 e. The van der Waals surface area contributed by atoms with Crippen LogP contribution in [0.2, 0.25) is 0 Å². The van der Waals surface area contributed by atoms with E-state index >= 15 is 0 Å². The van der Waals surface area contributed by atoms with E-state index in [1.807, 2.05) is 42.5 Å². The van der Waals surface area contributed by atoms with E-state index in [9.17, 15) is 0 Å². The van der Waals surface area contributed by atoms with Gasteiger partial charge < -0.3 is 14.2 Å². The van der Waals surface area contributed by atoms with Crippen LogP contribution in [0.5, 0.6) is 17.2 Å². The Morgan fingerprint density at radius 1 is 0.880 bits per heavy atom. The fourth-order valence-electron chi connectivity index (χ4n) is 1.95. The molecule has 7 nitrogen and oxygen atoms in total. The molecule has 0 fully saturated rings. The van der Waals surface area contributed by atoms with Crippen molar-refractivity contribution >= 4 is 22.5 Å². The van der Waals surface area contributed by atoms with E-state index in [2.05, 4.69) is 17.3 Å². The number of rotatable bonds is 5. The molecule has 0 aliphatic rings. The Labute approximate surface area is 147 Å². The smallest absolute Gasteiger partial charge is 0.330 e. The number of ether oxygens (including phenoxy) is 3. The van der Waals surface area contributed by atoms with Crippen LogP contribution in [-0.2, 0) is 10.3 Å². The van der Waals surface area contributed by atoms with Gasteiger partial charge in [-0.15, -0.1) is 0 Å². The SMILES string of the molecule is COc1cc(/C=C\c2ccccc2)cc(OC)c1OC.NS(=O)(=O)O. The third-order valence-electron chi connectivity index (χ3n) is 2.95. The molecule has 0 heterocycles. The largest absolute Gasteiger partial charge is 0.493 e. The molecule has 136 valence electrons. The minimum absolute atomic E-state index is 0.604. The molecule has 0 radical (unpaired) electrons. The zero-order valence-corrected chi connectivity index (χ0v) is 15.0. The van der Waals surface area contributed by atoms with Gasteiger partial charge in [0.1, 0.15) is 0 Å². The van der Waals surface area contributed by atoms with Gasteiger partial charge in [-0.05, 0) is 23.3 Å². The standard InChI is InChI=1S/C17H18O3.H3NO3S/c1-18-15-11-14(12-16(19-2)17(15)20-3)10-9-13-7-5-4-6-8-13;1-5(2,3)4/h4-12H,1-3H3;(H3,1,2,3,4)/b10-9-;. The van der Waals surface area contributed by atoms with Crippen molar-refractivity contribution < 1.29 is 27.2 Å².